The highest BCUT2D eigenvalue weighted by Gasteiger charge is 2.13. The van der Waals surface area contributed by atoms with Gasteiger partial charge in [0.25, 0.3) is 6.43 Å². The minimum absolute atomic E-state index is 0.0400. The van der Waals surface area contributed by atoms with Gasteiger partial charge in [-0.05, 0) is 11.6 Å². The quantitative estimate of drug-likeness (QED) is 0.729. The van der Waals surface area contributed by atoms with Gasteiger partial charge in [-0.1, -0.05) is 0 Å². The van der Waals surface area contributed by atoms with Crippen LogP contribution in [0.15, 0.2) is 6.07 Å². The predicted molar refractivity (Wildman–Crippen MR) is 47.6 cm³/mol. The molecule has 0 bridgehead atoms. The lowest BCUT2D eigenvalue weighted by Crippen LogP contribution is -2.04. The average molecular weight is 208 g/mol. The molecule has 0 amide bonds. The molecule has 0 aliphatic rings. The summed E-state index contributed by atoms with van der Waals surface area (Å²) in [5.41, 5.74) is 10.9. The molecule has 1 heterocycles. The van der Waals surface area contributed by atoms with Gasteiger partial charge in [-0.25, -0.2) is 13.8 Å². The Kier molecular flexibility index (Phi) is 2.87. The van der Waals surface area contributed by atoms with Crippen LogP contribution in [0.2, 0.25) is 0 Å². The molecule has 1 aromatic heterocycles. The molecular weight excluding hydrogens is 200 g/mol. The van der Waals surface area contributed by atoms with Crippen LogP contribution >= 0.6 is 11.6 Å². The number of halogens is 3. The van der Waals surface area contributed by atoms with Crippen molar-refractivity contribution in [1.29, 1.82) is 0 Å². The van der Waals surface area contributed by atoms with E-state index >= 15 is 0 Å². The van der Waals surface area contributed by atoms with Gasteiger partial charge < -0.3 is 11.5 Å². The van der Waals surface area contributed by atoms with E-state index in [-0.39, 0.29) is 17.4 Å². The van der Waals surface area contributed by atoms with Crippen LogP contribution < -0.4 is 11.5 Å². The van der Waals surface area contributed by atoms with Gasteiger partial charge >= 0.3 is 0 Å². The number of nitrogens with two attached hydrogens (primary N) is 2. The summed E-state index contributed by atoms with van der Waals surface area (Å²) < 4.78 is 24.4. The van der Waals surface area contributed by atoms with E-state index in [0.717, 1.165) is 6.07 Å². The molecule has 0 fully saturated rings. The predicted octanol–water partition coefficient (Wildman–Crippen LogP) is 1.92. The van der Waals surface area contributed by atoms with Crippen molar-refractivity contribution in [2.75, 3.05) is 11.5 Å². The normalized spacial score (nSPS) is 10.8. The third kappa shape index (κ3) is 1.98. The zero-order valence-electron chi connectivity index (χ0n) is 6.60. The van der Waals surface area contributed by atoms with Crippen molar-refractivity contribution < 1.29 is 8.78 Å². The number of pyridine rings is 1. The van der Waals surface area contributed by atoms with Crippen LogP contribution in [-0.4, -0.2) is 4.98 Å². The molecule has 0 atom stereocenters. The number of alkyl halides is 3. The third-order valence-electron chi connectivity index (χ3n) is 1.56. The zero-order chi connectivity index (χ0) is 10.0. The van der Waals surface area contributed by atoms with Crippen molar-refractivity contribution in [3.63, 3.8) is 0 Å². The molecule has 0 aromatic carbocycles. The highest BCUT2D eigenvalue weighted by Crippen LogP contribution is 2.25. The Labute approximate surface area is 78.7 Å². The van der Waals surface area contributed by atoms with Gasteiger partial charge in [0, 0.05) is 5.88 Å². The SMILES string of the molecule is Nc1nc(C(F)F)cc(CCl)c1N. The largest absolute Gasteiger partial charge is 0.395 e. The molecule has 6 heteroatoms. The number of hydrogen-bond acceptors (Lipinski definition) is 3. The number of hydrogen-bond donors (Lipinski definition) is 2. The Bertz CT molecular complexity index is 317. The van der Waals surface area contributed by atoms with Gasteiger partial charge in [-0.2, -0.15) is 0 Å². The first kappa shape index (κ1) is 9.98. The van der Waals surface area contributed by atoms with Gasteiger partial charge in [0.05, 0.1) is 5.69 Å². The molecule has 0 unspecified atom stereocenters. The van der Waals surface area contributed by atoms with Crippen molar-refractivity contribution in [3.8, 4) is 0 Å². The van der Waals surface area contributed by atoms with E-state index in [0.29, 0.717) is 5.56 Å². The molecule has 72 valence electrons. The summed E-state index contributed by atoms with van der Waals surface area (Å²) in [4.78, 5) is 3.42. The smallest absolute Gasteiger partial charge is 0.280 e. The number of nitrogens with zero attached hydrogens (tertiary/aromatic N) is 1. The van der Waals surface area contributed by atoms with Crippen molar-refractivity contribution >= 4 is 23.1 Å². The Hall–Kier alpha value is -1.10. The van der Waals surface area contributed by atoms with Crippen molar-refractivity contribution in [2.45, 2.75) is 12.3 Å². The first-order chi connectivity index (χ1) is 6.06. The first-order valence-corrected chi connectivity index (χ1v) is 3.98. The lowest BCUT2D eigenvalue weighted by molar-refractivity contribution is 0.146. The molecule has 3 nitrogen and oxygen atoms in total. The number of nitrogen functional groups attached to an aromatic ring is 2. The Morgan fingerprint density at radius 2 is 2.08 bits per heavy atom. The van der Waals surface area contributed by atoms with E-state index in [1.54, 1.807) is 0 Å². The fourth-order valence-corrected chi connectivity index (χ4v) is 1.10. The zero-order valence-corrected chi connectivity index (χ0v) is 7.35. The molecule has 1 rings (SSSR count). The fourth-order valence-electron chi connectivity index (χ4n) is 0.875. The van der Waals surface area contributed by atoms with E-state index < -0.39 is 12.1 Å². The number of anilines is 2. The first-order valence-electron chi connectivity index (χ1n) is 3.45. The van der Waals surface area contributed by atoms with Gasteiger partial charge in [-0.15, -0.1) is 11.6 Å². The van der Waals surface area contributed by atoms with Crippen molar-refractivity contribution in [3.05, 3.63) is 17.3 Å². The maximum atomic E-state index is 12.2. The summed E-state index contributed by atoms with van der Waals surface area (Å²) in [5.74, 6) is -0.0633. The minimum Gasteiger partial charge on any atom is -0.395 e. The van der Waals surface area contributed by atoms with Gasteiger partial charge in [0.15, 0.2) is 0 Å². The molecule has 0 spiro atoms. The fraction of sp³-hybridized carbons (Fsp3) is 0.286. The molecule has 4 N–H and O–H groups in total. The summed E-state index contributed by atoms with van der Waals surface area (Å²) in [7, 11) is 0. The second-order valence-corrected chi connectivity index (χ2v) is 2.71. The summed E-state index contributed by atoms with van der Waals surface area (Å²) >= 11 is 5.47. The molecule has 13 heavy (non-hydrogen) atoms. The lowest BCUT2D eigenvalue weighted by Gasteiger charge is -2.07. The summed E-state index contributed by atoms with van der Waals surface area (Å²) in [6.07, 6.45) is -2.66. The highest BCUT2D eigenvalue weighted by atomic mass is 35.5. The van der Waals surface area contributed by atoms with Gasteiger partial charge in [-0.3, -0.25) is 0 Å². The molecule has 0 saturated carbocycles. The summed E-state index contributed by atoms with van der Waals surface area (Å²) in [6, 6.07) is 1.16. The average Bonchev–Trinajstić information content (AvgIpc) is 2.09. The van der Waals surface area contributed by atoms with Crippen molar-refractivity contribution in [2.24, 2.45) is 0 Å². The van der Waals surface area contributed by atoms with Crippen molar-refractivity contribution in [1.82, 2.24) is 4.98 Å². The third-order valence-corrected chi connectivity index (χ3v) is 1.85. The number of rotatable bonds is 2. The highest BCUT2D eigenvalue weighted by molar-refractivity contribution is 6.17. The van der Waals surface area contributed by atoms with E-state index in [4.69, 9.17) is 23.1 Å². The molecule has 1 aromatic rings. The van der Waals surface area contributed by atoms with E-state index in [9.17, 15) is 8.78 Å². The molecule has 0 saturated heterocycles. The van der Waals surface area contributed by atoms with Crippen LogP contribution in [0.25, 0.3) is 0 Å². The second kappa shape index (κ2) is 3.74. The van der Waals surface area contributed by atoms with E-state index in [2.05, 4.69) is 4.98 Å². The van der Waals surface area contributed by atoms with Crippen LogP contribution in [0.3, 0.4) is 0 Å². The minimum atomic E-state index is -2.66. The van der Waals surface area contributed by atoms with Crippen LogP contribution in [-0.2, 0) is 5.88 Å². The molecule has 0 aliphatic carbocycles. The van der Waals surface area contributed by atoms with E-state index in [1.807, 2.05) is 0 Å². The monoisotopic (exact) mass is 207 g/mol. The summed E-state index contributed by atoms with van der Waals surface area (Å²) in [6.45, 7) is 0. The molecule has 0 aliphatic heterocycles. The van der Waals surface area contributed by atoms with Crippen LogP contribution in [0.5, 0.6) is 0 Å². The molecular formula is C7H8ClF2N3. The van der Waals surface area contributed by atoms with Crippen LogP contribution in [0.4, 0.5) is 20.3 Å². The van der Waals surface area contributed by atoms with E-state index in [1.165, 1.54) is 0 Å². The molecule has 0 radical (unpaired) electrons. The second-order valence-electron chi connectivity index (χ2n) is 2.44. The maximum absolute atomic E-state index is 12.2. The Morgan fingerprint density at radius 1 is 1.46 bits per heavy atom. The Morgan fingerprint density at radius 3 is 2.54 bits per heavy atom. The van der Waals surface area contributed by atoms with Gasteiger partial charge in [0.1, 0.15) is 11.5 Å². The van der Waals surface area contributed by atoms with Crippen LogP contribution in [0, 0.1) is 0 Å². The maximum Gasteiger partial charge on any atom is 0.280 e. The summed E-state index contributed by atoms with van der Waals surface area (Å²) in [5, 5.41) is 0. The van der Waals surface area contributed by atoms with Gasteiger partial charge in [0.2, 0.25) is 0 Å². The Balaban J connectivity index is 3.22. The topological polar surface area (TPSA) is 64.9 Å². The standard InChI is InChI=1S/C7H8ClF2N3/c8-2-3-1-4(6(9)10)13-7(12)5(3)11/h1,6H,2,11H2,(H2,12,13). The number of aromatic nitrogens is 1. The van der Waals surface area contributed by atoms with Crippen LogP contribution in [0.1, 0.15) is 17.7 Å². The lowest BCUT2D eigenvalue weighted by atomic mass is 10.2.